The number of sulfonamides is 1. The summed E-state index contributed by atoms with van der Waals surface area (Å²) in [6.07, 6.45) is 8.66. The second kappa shape index (κ2) is 7.11. The third-order valence-corrected chi connectivity index (χ3v) is 6.25. The van der Waals surface area contributed by atoms with Gasteiger partial charge in [-0.05, 0) is 25.7 Å². The molecule has 1 unspecified atom stereocenters. The Morgan fingerprint density at radius 1 is 1.04 bits per heavy atom. The molecule has 1 aromatic heterocycles. The van der Waals surface area contributed by atoms with E-state index >= 15 is 0 Å². The lowest BCUT2D eigenvalue weighted by atomic mass is 9.91. The van der Waals surface area contributed by atoms with Crippen molar-refractivity contribution in [1.82, 2.24) is 4.72 Å². The molecule has 0 spiro atoms. The third kappa shape index (κ3) is 4.08. The zero-order valence-electron chi connectivity index (χ0n) is 13.9. The van der Waals surface area contributed by atoms with Gasteiger partial charge in [0, 0.05) is 37.3 Å². The SMILES string of the molecule is O=S(=O)(N[C@@H]1CCCCC1[n+]1ccc(N2CCCC2)cc1)C(F)(F)F. The van der Waals surface area contributed by atoms with E-state index in [1.165, 1.54) is 12.8 Å². The standard InChI is InChI=1S/C16H23F3N3O2S/c17-16(18,19)25(23,24)20-14-5-1-2-6-15(14)22-11-7-13(8-12-22)21-9-3-4-10-21/h7-8,11-12,14-15,20H,1-6,9-10H2/q+1/t14-,15?/m1/s1. The van der Waals surface area contributed by atoms with E-state index in [2.05, 4.69) is 4.90 Å². The molecule has 140 valence electrons. The van der Waals surface area contributed by atoms with Crippen LogP contribution >= 0.6 is 0 Å². The Bertz CT molecular complexity index is 686. The van der Waals surface area contributed by atoms with E-state index in [9.17, 15) is 21.6 Å². The van der Waals surface area contributed by atoms with Gasteiger partial charge in [-0.1, -0.05) is 6.42 Å². The highest BCUT2D eigenvalue weighted by Crippen LogP contribution is 2.29. The summed E-state index contributed by atoms with van der Waals surface area (Å²) in [5, 5.41) is 0. The van der Waals surface area contributed by atoms with Gasteiger partial charge in [-0.2, -0.15) is 17.9 Å². The van der Waals surface area contributed by atoms with Gasteiger partial charge in [0.25, 0.3) is 0 Å². The zero-order valence-corrected chi connectivity index (χ0v) is 14.7. The molecule has 2 atom stereocenters. The Morgan fingerprint density at radius 3 is 2.24 bits per heavy atom. The second-order valence-electron chi connectivity index (χ2n) is 6.72. The smallest absolute Gasteiger partial charge is 0.371 e. The van der Waals surface area contributed by atoms with E-state index in [1.54, 1.807) is 0 Å². The lowest BCUT2D eigenvalue weighted by Crippen LogP contribution is -2.55. The number of alkyl halides is 3. The number of hydrogen-bond acceptors (Lipinski definition) is 3. The maximum Gasteiger partial charge on any atom is 0.511 e. The van der Waals surface area contributed by atoms with E-state index < -0.39 is 21.6 Å². The summed E-state index contributed by atoms with van der Waals surface area (Å²) in [6, 6.07) is 2.85. The average molecular weight is 378 g/mol. The summed E-state index contributed by atoms with van der Waals surface area (Å²) < 4.78 is 64.7. The first-order valence-electron chi connectivity index (χ1n) is 8.62. The molecule has 1 saturated heterocycles. The van der Waals surface area contributed by atoms with Gasteiger partial charge in [0.1, 0.15) is 0 Å². The molecule has 0 amide bonds. The first-order chi connectivity index (χ1) is 11.8. The highest BCUT2D eigenvalue weighted by Gasteiger charge is 2.49. The maximum atomic E-state index is 12.7. The molecule has 2 heterocycles. The van der Waals surface area contributed by atoms with Gasteiger partial charge in [-0.3, -0.25) is 0 Å². The van der Waals surface area contributed by atoms with Crippen LogP contribution in [0.5, 0.6) is 0 Å². The molecule has 1 aliphatic heterocycles. The van der Waals surface area contributed by atoms with Gasteiger partial charge in [-0.25, -0.2) is 13.0 Å². The van der Waals surface area contributed by atoms with Crippen LogP contribution in [-0.2, 0) is 10.0 Å². The molecule has 1 aliphatic carbocycles. The van der Waals surface area contributed by atoms with Gasteiger partial charge in [0.15, 0.2) is 18.4 Å². The molecule has 1 N–H and O–H groups in total. The normalized spacial score (nSPS) is 25.3. The molecule has 2 fully saturated rings. The minimum absolute atomic E-state index is 0.307. The van der Waals surface area contributed by atoms with Crippen molar-refractivity contribution in [2.75, 3.05) is 18.0 Å². The fourth-order valence-corrected chi connectivity index (χ4v) is 4.52. The molecule has 0 bridgehead atoms. The Morgan fingerprint density at radius 2 is 1.64 bits per heavy atom. The Hall–Kier alpha value is -1.35. The molecule has 25 heavy (non-hydrogen) atoms. The highest BCUT2D eigenvalue weighted by molar-refractivity contribution is 7.90. The highest BCUT2D eigenvalue weighted by atomic mass is 32.2. The quantitative estimate of drug-likeness (QED) is 0.819. The van der Waals surface area contributed by atoms with Gasteiger partial charge in [-0.15, -0.1) is 0 Å². The van der Waals surface area contributed by atoms with Gasteiger partial charge in [0.05, 0.1) is 6.04 Å². The third-order valence-electron chi connectivity index (χ3n) is 5.03. The first kappa shape index (κ1) is 18.4. The second-order valence-corrected chi connectivity index (χ2v) is 8.43. The Balaban J connectivity index is 1.76. The van der Waals surface area contributed by atoms with E-state index in [-0.39, 0.29) is 6.04 Å². The number of rotatable bonds is 4. The molecule has 1 aromatic rings. The molecule has 0 radical (unpaired) electrons. The van der Waals surface area contributed by atoms with Crippen LogP contribution in [0, 0.1) is 0 Å². The van der Waals surface area contributed by atoms with Crippen LogP contribution in [0.4, 0.5) is 18.9 Å². The van der Waals surface area contributed by atoms with Crippen LogP contribution in [0.2, 0.25) is 0 Å². The van der Waals surface area contributed by atoms with Crippen molar-refractivity contribution in [3.05, 3.63) is 24.5 Å². The molecular formula is C16H23F3N3O2S+. The molecule has 2 aliphatic rings. The van der Waals surface area contributed by atoms with Gasteiger partial charge >= 0.3 is 15.5 Å². The number of nitrogens with one attached hydrogen (secondary N) is 1. The van der Waals surface area contributed by atoms with Crippen molar-refractivity contribution in [3.63, 3.8) is 0 Å². The minimum atomic E-state index is -5.33. The minimum Gasteiger partial charge on any atom is -0.371 e. The average Bonchev–Trinajstić information content (AvgIpc) is 3.09. The number of pyridine rings is 1. The summed E-state index contributed by atoms with van der Waals surface area (Å²) >= 11 is 0. The first-order valence-corrected chi connectivity index (χ1v) is 10.1. The summed E-state index contributed by atoms with van der Waals surface area (Å²) in [5.74, 6) is 0. The van der Waals surface area contributed by atoms with Crippen LogP contribution in [0.1, 0.15) is 44.6 Å². The molecule has 3 rings (SSSR count). The fraction of sp³-hybridized carbons (Fsp3) is 0.688. The van der Waals surface area contributed by atoms with Crippen LogP contribution in [-0.4, -0.2) is 33.1 Å². The van der Waals surface area contributed by atoms with Crippen molar-refractivity contribution < 1.29 is 26.2 Å². The number of hydrogen-bond donors (Lipinski definition) is 1. The summed E-state index contributed by atoms with van der Waals surface area (Å²) in [6.45, 7) is 2.03. The topological polar surface area (TPSA) is 53.3 Å². The number of aromatic nitrogens is 1. The van der Waals surface area contributed by atoms with E-state index in [4.69, 9.17) is 0 Å². The van der Waals surface area contributed by atoms with Gasteiger partial charge in [0.2, 0.25) is 0 Å². The van der Waals surface area contributed by atoms with Crippen LogP contribution < -0.4 is 14.2 Å². The summed E-state index contributed by atoms with van der Waals surface area (Å²) in [5.41, 5.74) is -4.18. The zero-order chi connectivity index (χ0) is 18.1. The summed E-state index contributed by atoms with van der Waals surface area (Å²) in [7, 11) is -5.33. The number of anilines is 1. The largest absolute Gasteiger partial charge is 0.511 e. The fourth-order valence-electron chi connectivity index (χ4n) is 3.71. The van der Waals surface area contributed by atoms with E-state index in [0.717, 1.165) is 25.2 Å². The van der Waals surface area contributed by atoms with E-state index in [0.29, 0.717) is 19.3 Å². The van der Waals surface area contributed by atoms with Crippen molar-refractivity contribution in [3.8, 4) is 0 Å². The monoisotopic (exact) mass is 378 g/mol. The van der Waals surface area contributed by atoms with Crippen LogP contribution in [0.25, 0.3) is 0 Å². The predicted molar refractivity (Wildman–Crippen MR) is 87.5 cm³/mol. The van der Waals surface area contributed by atoms with Crippen molar-refractivity contribution in [2.24, 2.45) is 0 Å². The lowest BCUT2D eigenvalue weighted by molar-refractivity contribution is -0.727. The Kier molecular flexibility index (Phi) is 5.24. The lowest BCUT2D eigenvalue weighted by Gasteiger charge is -2.28. The molecule has 1 saturated carbocycles. The number of halogens is 3. The molecule has 0 aromatic carbocycles. The molecular weight excluding hydrogens is 355 g/mol. The predicted octanol–water partition coefficient (Wildman–Crippen LogP) is 2.50. The van der Waals surface area contributed by atoms with Crippen LogP contribution in [0.3, 0.4) is 0 Å². The maximum absolute atomic E-state index is 12.7. The van der Waals surface area contributed by atoms with Crippen LogP contribution in [0.15, 0.2) is 24.5 Å². The van der Waals surface area contributed by atoms with E-state index in [1.807, 2.05) is 33.8 Å². The Labute approximate surface area is 145 Å². The number of nitrogens with zero attached hydrogens (tertiary/aromatic N) is 2. The summed E-state index contributed by atoms with van der Waals surface area (Å²) in [4.78, 5) is 2.27. The molecule has 5 nitrogen and oxygen atoms in total. The van der Waals surface area contributed by atoms with Gasteiger partial charge < -0.3 is 4.90 Å². The van der Waals surface area contributed by atoms with Crippen molar-refractivity contribution in [1.29, 1.82) is 0 Å². The van der Waals surface area contributed by atoms with Crippen molar-refractivity contribution >= 4 is 15.7 Å². The molecule has 9 heteroatoms. The van der Waals surface area contributed by atoms with Crippen molar-refractivity contribution in [2.45, 2.75) is 56.1 Å².